The summed E-state index contributed by atoms with van der Waals surface area (Å²) in [6.45, 7) is 0.0623. The Balaban J connectivity index is 2.02. The van der Waals surface area contributed by atoms with Crippen LogP contribution in [0.1, 0.15) is 5.56 Å². The molecule has 2 rings (SSSR count). The predicted octanol–water partition coefficient (Wildman–Crippen LogP) is 1.83. The van der Waals surface area contributed by atoms with Gasteiger partial charge in [-0.3, -0.25) is 9.10 Å². The van der Waals surface area contributed by atoms with E-state index >= 15 is 0 Å². The molecule has 7 nitrogen and oxygen atoms in total. The molecule has 0 radical (unpaired) electrons. The zero-order valence-corrected chi connectivity index (χ0v) is 16.5. The van der Waals surface area contributed by atoms with Crippen LogP contribution in [0, 0.1) is 0 Å². The summed E-state index contributed by atoms with van der Waals surface area (Å²) in [6, 6.07) is 14.1. The Morgan fingerprint density at radius 3 is 2.48 bits per heavy atom. The van der Waals surface area contributed by atoms with Crippen LogP contribution in [0.5, 0.6) is 11.5 Å². The number of amides is 1. The smallest absolute Gasteiger partial charge is 0.240 e. The van der Waals surface area contributed by atoms with Crippen molar-refractivity contribution in [2.75, 3.05) is 37.9 Å². The Labute approximate surface area is 160 Å². The Hall–Kier alpha value is -2.74. The summed E-state index contributed by atoms with van der Waals surface area (Å²) in [5.74, 6) is 0.872. The van der Waals surface area contributed by atoms with Gasteiger partial charge in [-0.2, -0.15) is 0 Å². The van der Waals surface area contributed by atoms with Crippen molar-refractivity contribution >= 4 is 21.6 Å². The van der Waals surface area contributed by atoms with E-state index in [0.29, 0.717) is 24.4 Å². The predicted molar refractivity (Wildman–Crippen MR) is 105 cm³/mol. The van der Waals surface area contributed by atoms with E-state index in [-0.39, 0.29) is 6.54 Å². The Bertz CT molecular complexity index is 883. The van der Waals surface area contributed by atoms with E-state index in [9.17, 15) is 13.2 Å². The first-order valence-corrected chi connectivity index (χ1v) is 10.2. The summed E-state index contributed by atoms with van der Waals surface area (Å²) < 4.78 is 35.7. The van der Waals surface area contributed by atoms with Gasteiger partial charge in [0.2, 0.25) is 15.9 Å². The van der Waals surface area contributed by atoms with Gasteiger partial charge < -0.3 is 14.8 Å². The minimum absolute atomic E-state index is 0.308. The highest BCUT2D eigenvalue weighted by Crippen LogP contribution is 2.23. The van der Waals surface area contributed by atoms with Gasteiger partial charge in [-0.1, -0.05) is 24.3 Å². The lowest BCUT2D eigenvalue weighted by molar-refractivity contribution is -0.119. The fraction of sp³-hybridized carbons (Fsp3) is 0.316. The quantitative estimate of drug-likeness (QED) is 0.704. The van der Waals surface area contributed by atoms with Crippen molar-refractivity contribution in [2.45, 2.75) is 6.42 Å². The molecule has 2 aromatic carbocycles. The van der Waals surface area contributed by atoms with Crippen LogP contribution in [-0.4, -0.2) is 47.9 Å². The highest BCUT2D eigenvalue weighted by Gasteiger charge is 2.21. The number of sulfonamides is 1. The number of nitrogens with zero attached hydrogens (tertiary/aromatic N) is 1. The molecule has 0 fully saturated rings. The van der Waals surface area contributed by atoms with Gasteiger partial charge in [0, 0.05) is 12.6 Å². The Kier molecular flexibility index (Phi) is 7.06. The number of ether oxygens (including phenoxy) is 2. The largest absolute Gasteiger partial charge is 0.497 e. The fourth-order valence-electron chi connectivity index (χ4n) is 2.60. The SMILES string of the molecule is COc1cccc(N(CC(=O)NCCc2ccccc2OC)S(C)(=O)=O)c1. The van der Waals surface area contributed by atoms with Crippen LogP contribution in [0.4, 0.5) is 5.69 Å². The molecule has 2 aromatic rings. The molecule has 0 aliphatic heterocycles. The average molecular weight is 392 g/mol. The number of nitrogens with one attached hydrogen (secondary N) is 1. The number of methoxy groups -OCH3 is 2. The molecule has 1 amide bonds. The first-order chi connectivity index (χ1) is 12.8. The van der Waals surface area contributed by atoms with E-state index in [1.54, 1.807) is 31.4 Å². The molecule has 0 bridgehead atoms. The van der Waals surface area contributed by atoms with Gasteiger partial charge in [-0.25, -0.2) is 8.42 Å². The minimum Gasteiger partial charge on any atom is -0.497 e. The second kappa shape index (κ2) is 9.27. The average Bonchev–Trinajstić information content (AvgIpc) is 2.65. The van der Waals surface area contributed by atoms with E-state index in [2.05, 4.69) is 5.32 Å². The van der Waals surface area contributed by atoms with Crippen LogP contribution in [-0.2, 0) is 21.2 Å². The van der Waals surface area contributed by atoms with Crippen molar-refractivity contribution in [2.24, 2.45) is 0 Å². The van der Waals surface area contributed by atoms with Crippen molar-refractivity contribution in [3.63, 3.8) is 0 Å². The zero-order chi connectivity index (χ0) is 19.9. The molecule has 0 unspecified atom stereocenters. The van der Waals surface area contributed by atoms with E-state index in [1.165, 1.54) is 7.11 Å². The van der Waals surface area contributed by atoms with E-state index in [0.717, 1.165) is 21.9 Å². The lowest BCUT2D eigenvalue weighted by Gasteiger charge is -2.22. The molecular formula is C19H24N2O5S. The number of carbonyl (C=O) groups excluding carboxylic acids is 1. The molecule has 0 aliphatic rings. The van der Waals surface area contributed by atoms with Gasteiger partial charge >= 0.3 is 0 Å². The van der Waals surface area contributed by atoms with Crippen LogP contribution in [0.2, 0.25) is 0 Å². The molecule has 27 heavy (non-hydrogen) atoms. The van der Waals surface area contributed by atoms with E-state index in [4.69, 9.17) is 9.47 Å². The molecule has 0 aromatic heterocycles. The number of hydrogen-bond acceptors (Lipinski definition) is 5. The normalized spacial score (nSPS) is 10.9. The third-order valence-electron chi connectivity index (χ3n) is 3.94. The molecule has 146 valence electrons. The fourth-order valence-corrected chi connectivity index (χ4v) is 3.45. The zero-order valence-electron chi connectivity index (χ0n) is 15.6. The summed E-state index contributed by atoms with van der Waals surface area (Å²) in [5.41, 5.74) is 1.34. The monoisotopic (exact) mass is 392 g/mol. The first kappa shape index (κ1) is 20.6. The van der Waals surface area contributed by atoms with Crippen LogP contribution >= 0.6 is 0 Å². The summed E-state index contributed by atoms with van der Waals surface area (Å²) in [4.78, 5) is 12.3. The number of rotatable bonds is 9. The molecule has 8 heteroatoms. The van der Waals surface area contributed by atoms with Gasteiger partial charge in [0.05, 0.1) is 26.2 Å². The van der Waals surface area contributed by atoms with Crippen molar-refractivity contribution in [3.05, 3.63) is 54.1 Å². The summed E-state index contributed by atoms with van der Waals surface area (Å²) in [5, 5.41) is 2.75. The molecule has 0 saturated heterocycles. The van der Waals surface area contributed by atoms with Crippen molar-refractivity contribution < 1.29 is 22.7 Å². The van der Waals surface area contributed by atoms with Gasteiger partial charge in [0.15, 0.2) is 0 Å². The van der Waals surface area contributed by atoms with Crippen molar-refractivity contribution in [3.8, 4) is 11.5 Å². The Morgan fingerprint density at radius 2 is 1.81 bits per heavy atom. The van der Waals surface area contributed by atoms with Gasteiger partial charge in [-0.15, -0.1) is 0 Å². The number of hydrogen-bond donors (Lipinski definition) is 1. The summed E-state index contributed by atoms with van der Waals surface area (Å²) in [6.07, 6.45) is 1.64. The van der Waals surface area contributed by atoms with Crippen LogP contribution in [0.25, 0.3) is 0 Å². The summed E-state index contributed by atoms with van der Waals surface area (Å²) in [7, 11) is -0.542. The van der Waals surface area contributed by atoms with E-state index < -0.39 is 15.9 Å². The molecular weight excluding hydrogens is 368 g/mol. The lowest BCUT2D eigenvalue weighted by Crippen LogP contribution is -2.41. The van der Waals surface area contributed by atoms with Gasteiger partial charge in [-0.05, 0) is 30.2 Å². The second-order valence-corrected chi connectivity index (χ2v) is 7.79. The third kappa shape index (κ3) is 5.89. The molecule has 0 atom stereocenters. The second-order valence-electron chi connectivity index (χ2n) is 5.88. The van der Waals surface area contributed by atoms with Crippen LogP contribution in [0.15, 0.2) is 48.5 Å². The van der Waals surface area contributed by atoms with Crippen molar-refractivity contribution in [1.82, 2.24) is 5.32 Å². The molecule has 1 N–H and O–H groups in total. The maximum Gasteiger partial charge on any atom is 0.240 e. The lowest BCUT2D eigenvalue weighted by atomic mass is 10.1. The third-order valence-corrected chi connectivity index (χ3v) is 5.08. The molecule has 0 aliphatic carbocycles. The van der Waals surface area contributed by atoms with Gasteiger partial charge in [0.25, 0.3) is 0 Å². The molecule has 0 spiro atoms. The molecule has 0 heterocycles. The highest BCUT2D eigenvalue weighted by atomic mass is 32.2. The van der Waals surface area contributed by atoms with Crippen LogP contribution in [0.3, 0.4) is 0 Å². The summed E-state index contributed by atoms with van der Waals surface area (Å²) >= 11 is 0. The Morgan fingerprint density at radius 1 is 1.07 bits per heavy atom. The number of anilines is 1. The number of para-hydroxylation sites is 1. The van der Waals surface area contributed by atoms with Crippen molar-refractivity contribution in [1.29, 1.82) is 0 Å². The number of carbonyl (C=O) groups is 1. The minimum atomic E-state index is -3.63. The number of benzene rings is 2. The van der Waals surface area contributed by atoms with Crippen LogP contribution < -0.4 is 19.1 Å². The maximum absolute atomic E-state index is 12.3. The standard InChI is InChI=1S/C19H24N2O5S/c1-25-17-9-6-8-16(13-17)21(27(3,23)24)14-19(22)20-12-11-15-7-4-5-10-18(15)26-2/h4-10,13H,11-12,14H2,1-3H3,(H,20,22). The molecule has 0 saturated carbocycles. The highest BCUT2D eigenvalue weighted by molar-refractivity contribution is 7.92. The van der Waals surface area contributed by atoms with E-state index in [1.807, 2.05) is 24.3 Å². The topological polar surface area (TPSA) is 84.9 Å². The maximum atomic E-state index is 12.3. The first-order valence-electron chi connectivity index (χ1n) is 8.35. The van der Waals surface area contributed by atoms with Gasteiger partial charge in [0.1, 0.15) is 18.0 Å².